The Balaban J connectivity index is 1.66. The van der Waals surface area contributed by atoms with Gasteiger partial charge in [-0.15, -0.1) is 0 Å². The van der Waals surface area contributed by atoms with E-state index in [1.165, 1.54) is 55.0 Å². The lowest BCUT2D eigenvalue weighted by atomic mass is 10.1. The molecule has 20 heavy (non-hydrogen) atoms. The van der Waals surface area contributed by atoms with Crippen molar-refractivity contribution in [1.29, 1.82) is 0 Å². The number of fused-ring (bicyclic) bond motifs is 1. The number of benzene rings is 1. The molecule has 0 unspecified atom stereocenters. The Morgan fingerprint density at radius 1 is 1.15 bits per heavy atom. The van der Waals surface area contributed by atoms with Crippen LogP contribution in [0.1, 0.15) is 51.0 Å². The lowest BCUT2D eigenvalue weighted by Gasteiger charge is -2.08. The zero-order valence-electron chi connectivity index (χ0n) is 12.6. The van der Waals surface area contributed by atoms with Crippen molar-refractivity contribution in [3.63, 3.8) is 0 Å². The summed E-state index contributed by atoms with van der Waals surface area (Å²) in [7, 11) is 0. The molecular weight excluding hydrogens is 244 g/mol. The second-order valence-corrected chi connectivity index (χ2v) is 6.12. The second-order valence-electron chi connectivity index (χ2n) is 6.12. The molecule has 1 aliphatic rings. The summed E-state index contributed by atoms with van der Waals surface area (Å²) in [6, 6.07) is 9.92. The van der Waals surface area contributed by atoms with E-state index in [-0.39, 0.29) is 0 Å². The Bertz CT molecular complexity index is 552. The van der Waals surface area contributed by atoms with Crippen molar-refractivity contribution < 1.29 is 0 Å². The van der Waals surface area contributed by atoms with Gasteiger partial charge in [-0.3, -0.25) is 0 Å². The molecule has 0 aliphatic heterocycles. The molecule has 0 amide bonds. The van der Waals surface area contributed by atoms with Crippen LogP contribution in [0.15, 0.2) is 30.5 Å². The van der Waals surface area contributed by atoms with Crippen LogP contribution in [0, 0.1) is 0 Å². The maximum absolute atomic E-state index is 3.60. The third kappa shape index (κ3) is 3.43. The third-order valence-electron chi connectivity index (χ3n) is 4.26. The molecule has 1 aromatic carbocycles. The van der Waals surface area contributed by atoms with E-state index in [2.05, 4.69) is 47.3 Å². The van der Waals surface area contributed by atoms with E-state index in [1.54, 1.807) is 0 Å². The van der Waals surface area contributed by atoms with Crippen LogP contribution >= 0.6 is 0 Å². The minimum Gasteiger partial charge on any atom is -0.347 e. The highest BCUT2D eigenvalue weighted by atomic mass is 15.0. The maximum Gasteiger partial charge on any atom is 0.0483 e. The van der Waals surface area contributed by atoms with E-state index in [0.717, 1.165) is 19.1 Å². The first-order valence-corrected chi connectivity index (χ1v) is 8.18. The molecule has 2 aromatic rings. The summed E-state index contributed by atoms with van der Waals surface area (Å²) in [5.41, 5.74) is 2.81. The highest BCUT2D eigenvalue weighted by Crippen LogP contribution is 2.21. The monoisotopic (exact) mass is 270 g/mol. The van der Waals surface area contributed by atoms with Crippen LogP contribution in [0.5, 0.6) is 0 Å². The maximum atomic E-state index is 3.60. The Morgan fingerprint density at radius 2 is 2.05 bits per heavy atom. The van der Waals surface area contributed by atoms with Crippen molar-refractivity contribution >= 4 is 10.9 Å². The van der Waals surface area contributed by atoms with Crippen LogP contribution in [-0.2, 0) is 13.1 Å². The van der Waals surface area contributed by atoms with Gasteiger partial charge in [0.25, 0.3) is 0 Å². The molecular formula is C18H26N2. The van der Waals surface area contributed by atoms with Crippen LogP contribution < -0.4 is 5.32 Å². The van der Waals surface area contributed by atoms with Crippen molar-refractivity contribution in [1.82, 2.24) is 9.88 Å². The van der Waals surface area contributed by atoms with Crippen LogP contribution in [0.2, 0.25) is 0 Å². The van der Waals surface area contributed by atoms with Gasteiger partial charge in [-0.1, -0.05) is 38.3 Å². The predicted molar refractivity (Wildman–Crippen MR) is 85.9 cm³/mol. The van der Waals surface area contributed by atoms with Crippen molar-refractivity contribution in [3.05, 3.63) is 36.0 Å². The number of unbranched alkanes of at least 4 members (excludes halogenated alkanes) is 3. The van der Waals surface area contributed by atoms with E-state index in [9.17, 15) is 0 Å². The van der Waals surface area contributed by atoms with Gasteiger partial charge in [0.2, 0.25) is 0 Å². The first-order chi connectivity index (χ1) is 9.86. The summed E-state index contributed by atoms with van der Waals surface area (Å²) in [6.45, 7) is 4.44. The van der Waals surface area contributed by atoms with Crippen LogP contribution in [0.4, 0.5) is 0 Å². The van der Waals surface area contributed by atoms with Gasteiger partial charge in [-0.2, -0.15) is 0 Å². The average Bonchev–Trinajstić information content (AvgIpc) is 3.22. The average molecular weight is 270 g/mol. The van der Waals surface area contributed by atoms with Gasteiger partial charge in [-0.05, 0) is 42.3 Å². The highest BCUT2D eigenvalue weighted by Gasteiger charge is 2.19. The molecule has 0 radical (unpaired) electrons. The molecule has 0 atom stereocenters. The minimum absolute atomic E-state index is 0.784. The molecule has 3 rings (SSSR count). The fourth-order valence-electron chi connectivity index (χ4n) is 2.79. The molecule has 0 spiro atoms. The Hall–Kier alpha value is -1.28. The van der Waals surface area contributed by atoms with Crippen molar-refractivity contribution in [2.24, 2.45) is 0 Å². The SMILES string of the molecule is CCCCCCn1ccc2ccc(CNC3CC3)cc21. The van der Waals surface area contributed by atoms with E-state index in [1.807, 2.05) is 0 Å². The fraction of sp³-hybridized carbons (Fsp3) is 0.556. The van der Waals surface area contributed by atoms with Gasteiger partial charge in [0.1, 0.15) is 0 Å². The summed E-state index contributed by atoms with van der Waals surface area (Å²) >= 11 is 0. The van der Waals surface area contributed by atoms with Crippen molar-refractivity contribution in [2.45, 2.75) is 64.6 Å². The van der Waals surface area contributed by atoms with E-state index in [4.69, 9.17) is 0 Å². The highest BCUT2D eigenvalue weighted by molar-refractivity contribution is 5.80. The summed E-state index contributed by atoms with van der Waals surface area (Å²) in [4.78, 5) is 0. The molecule has 1 saturated carbocycles. The number of hydrogen-bond donors (Lipinski definition) is 1. The van der Waals surface area contributed by atoms with Gasteiger partial charge >= 0.3 is 0 Å². The zero-order valence-corrected chi connectivity index (χ0v) is 12.6. The largest absolute Gasteiger partial charge is 0.347 e. The van der Waals surface area contributed by atoms with Crippen molar-refractivity contribution in [2.75, 3.05) is 0 Å². The molecule has 1 aliphatic carbocycles. The minimum atomic E-state index is 0.784. The van der Waals surface area contributed by atoms with Gasteiger partial charge in [-0.25, -0.2) is 0 Å². The second kappa shape index (κ2) is 6.45. The molecule has 0 bridgehead atoms. The third-order valence-corrected chi connectivity index (χ3v) is 4.26. The van der Waals surface area contributed by atoms with Crippen molar-refractivity contribution in [3.8, 4) is 0 Å². The first kappa shape index (κ1) is 13.7. The van der Waals surface area contributed by atoms with Gasteiger partial charge < -0.3 is 9.88 Å². The number of nitrogens with one attached hydrogen (secondary N) is 1. The molecule has 2 heteroatoms. The standard InChI is InChI=1S/C18H26N2/c1-2-3-4-5-11-20-12-10-16-7-6-15(13-18(16)20)14-19-17-8-9-17/h6-7,10,12-13,17,19H,2-5,8-9,11,14H2,1H3. The van der Waals surface area contributed by atoms with Gasteiger partial charge in [0.05, 0.1) is 0 Å². The molecule has 0 saturated heterocycles. The smallest absolute Gasteiger partial charge is 0.0483 e. The lowest BCUT2D eigenvalue weighted by Crippen LogP contribution is -2.15. The van der Waals surface area contributed by atoms with E-state index < -0.39 is 0 Å². The number of aromatic nitrogens is 1. The molecule has 1 N–H and O–H groups in total. The molecule has 1 heterocycles. The quantitative estimate of drug-likeness (QED) is 0.700. The van der Waals surface area contributed by atoms with Crippen LogP contribution in [0.25, 0.3) is 10.9 Å². The van der Waals surface area contributed by atoms with Crippen LogP contribution in [-0.4, -0.2) is 10.6 Å². The number of nitrogens with zero attached hydrogens (tertiary/aromatic N) is 1. The molecule has 1 fully saturated rings. The number of aryl methyl sites for hydroxylation is 1. The molecule has 1 aromatic heterocycles. The normalized spacial score (nSPS) is 15.1. The summed E-state index contributed by atoms with van der Waals surface area (Å²) in [6.07, 6.45) is 10.3. The Kier molecular flexibility index (Phi) is 4.41. The first-order valence-electron chi connectivity index (χ1n) is 8.18. The van der Waals surface area contributed by atoms with Gasteiger partial charge in [0.15, 0.2) is 0 Å². The summed E-state index contributed by atoms with van der Waals surface area (Å²) in [5, 5.41) is 4.97. The molecule has 108 valence electrons. The summed E-state index contributed by atoms with van der Waals surface area (Å²) in [5.74, 6) is 0. The Labute approximate surface area is 122 Å². The number of hydrogen-bond acceptors (Lipinski definition) is 1. The predicted octanol–water partition coefficient (Wildman–Crippen LogP) is 4.47. The van der Waals surface area contributed by atoms with E-state index >= 15 is 0 Å². The topological polar surface area (TPSA) is 17.0 Å². The fourth-order valence-corrected chi connectivity index (χ4v) is 2.79. The number of rotatable bonds is 8. The molecule has 2 nitrogen and oxygen atoms in total. The van der Waals surface area contributed by atoms with Crippen LogP contribution in [0.3, 0.4) is 0 Å². The van der Waals surface area contributed by atoms with E-state index in [0.29, 0.717) is 0 Å². The van der Waals surface area contributed by atoms with Gasteiger partial charge in [0, 0.05) is 30.8 Å². The Morgan fingerprint density at radius 3 is 2.85 bits per heavy atom. The zero-order chi connectivity index (χ0) is 13.8. The summed E-state index contributed by atoms with van der Waals surface area (Å²) < 4.78 is 2.42. The lowest BCUT2D eigenvalue weighted by molar-refractivity contribution is 0.593.